The van der Waals surface area contributed by atoms with Gasteiger partial charge in [0.2, 0.25) is 5.91 Å². The maximum atomic E-state index is 13.2. The predicted octanol–water partition coefficient (Wildman–Crippen LogP) is 4.65. The molecular formula is C20H20BrF2N5O. The molecule has 0 aliphatic heterocycles. The van der Waals surface area contributed by atoms with E-state index in [-0.39, 0.29) is 24.1 Å². The largest absolute Gasteiger partial charge is 0.322 e. The summed E-state index contributed by atoms with van der Waals surface area (Å²) in [6, 6.07) is 8.03. The zero-order valence-corrected chi connectivity index (χ0v) is 17.4. The lowest BCUT2D eigenvalue weighted by atomic mass is 10.1. The van der Waals surface area contributed by atoms with E-state index in [0.29, 0.717) is 22.4 Å². The van der Waals surface area contributed by atoms with E-state index in [1.165, 1.54) is 10.2 Å². The van der Waals surface area contributed by atoms with E-state index in [4.69, 9.17) is 0 Å². The maximum absolute atomic E-state index is 13.2. The molecule has 0 bridgehead atoms. The number of carbonyl (C=O) groups excluding carboxylic acids is 1. The van der Waals surface area contributed by atoms with Crippen molar-refractivity contribution in [3.8, 4) is 0 Å². The number of nitrogens with zero attached hydrogens (tertiary/aromatic N) is 4. The minimum atomic E-state index is -2.69. The number of benzene rings is 1. The first-order valence-corrected chi connectivity index (χ1v) is 10.1. The van der Waals surface area contributed by atoms with Gasteiger partial charge in [-0.2, -0.15) is 10.2 Å². The second kappa shape index (κ2) is 8.06. The highest BCUT2D eigenvalue weighted by atomic mass is 79.9. The number of carbonyl (C=O) groups is 1. The monoisotopic (exact) mass is 463 g/mol. The Kier molecular flexibility index (Phi) is 5.49. The first kappa shape index (κ1) is 19.8. The average Bonchev–Trinajstić information content (AvgIpc) is 3.32. The fraction of sp³-hybridized carbons (Fsp3) is 0.350. The summed E-state index contributed by atoms with van der Waals surface area (Å²) >= 11 is 3.23. The lowest BCUT2D eigenvalue weighted by molar-refractivity contribution is -0.117. The molecule has 9 heteroatoms. The number of nitrogens with one attached hydrogen (secondary N) is 1. The molecule has 1 aliphatic carbocycles. The Bertz CT molecular complexity index is 1040. The molecule has 0 unspecified atom stereocenters. The summed E-state index contributed by atoms with van der Waals surface area (Å²) in [6.07, 6.45) is 2.46. The Balaban J connectivity index is 1.44. The van der Waals surface area contributed by atoms with E-state index in [2.05, 4.69) is 31.4 Å². The van der Waals surface area contributed by atoms with Gasteiger partial charge in [-0.25, -0.2) is 8.78 Å². The van der Waals surface area contributed by atoms with Crippen LogP contribution in [-0.4, -0.2) is 25.5 Å². The molecule has 1 amide bonds. The molecule has 0 saturated heterocycles. The normalized spacial score (nSPS) is 13.8. The average molecular weight is 464 g/mol. The van der Waals surface area contributed by atoms with E-state index < -0.39 is 6.43 Å². The van der Waals surface area contributed by atoms with Crippen molar-refractivity contribution in [1.29, 1.82) is 0 Å². The Morgan fingerprint density at radius 2 is 2.10 bits per heavy atom. The van der Waals surface area contributed by atoms with Gasteiger partial charge >= 0.3 is 0 Å². The first-order valence-electron chi connectivity index (χ1n) is 9.33. The van der Waals surface area contributed by atoms with Crippen LogP contribution in [0.3, 0.4) is 0 Å². The fourth-order valence-corrected chi connectivity index (χ4v) is 4.07. The first-order chi connectivity index (χ1) is 13.9. The smallest absolute Gasteiger partial charge is 0.283 e. The molecule has 1 aliphatic rings. The molecule has 0 radical (unpaired) electrons. The summed E-state index contributed by atoms with van der Waals surface area (Å²) in [5, 5.41) is 11.0. The van der Waals surface area contributed by atoms with Crippen molar-refractivity contribution >= 4 is 27.5 Å². The molecule has 1 saturated carbocycles. The minimum Gasteiger partial charge on any atom is -0.322 e. The summed E-state index contributed by atoms with van der Waals surface area (Å²) in [6.45, 7) is 2.51. The van der Waals surface area contributed by atoms with Crippen molar-refractivity contribution in [2.75, 3.05) is 5.32 Å². The SMILES string of the molecule is Cc1ccccc1Cn1cc(NC(=O)Cn2nc(C(F)F)c(Br)c2C2CC2)cn1. The molecule has 1 N–H and O–H groups in total. The molecule has 152 valence electrons. The molecule has 1 fully saturated rings. The third kappa shape index (κ3) is 4.39. The van der Waals surface area contributed by atoms with Crippen LogP contribution >= 0.6 is 15.9 Å². The van der Waals surface area contributed by atoms with Crippen molar-refractivity contribution in [2.45, 2.75) is 45.2 Å². The molecule has 2 aromatic heterocycles. The molecule has 29 heavy (non-hydrogen) atoms. The number of hydrogen-bond donors (Lipinski definition) is 1. The number of halogens is 3. The van der Waals surface area contributed by atoms with Crippen LogP contribution in [0.2, 0.25) is 0 Å². The number of anilines is 1. The number of hydrogen-bond acceptors (Lipinski definition) is 3. The molecule has 0 spiro atoms. The van der Waals surface area contributed by atoms with Crippen LogP contribution < -0.4 is 5.32 Å². The number of aromatic nitrogens is 4. The van der Waals surface area contributed by atoms with Gasteiger partial charge < -0.3 is 5.32 Å². The summed E-state index contributed by atoms with van der Waals surface area (Å²) in [5.41, 5.74) is 3.22. The maximum Gasteiger partial charge on any atom is 0.283 e. The Morgan fingerprint density at radius 3 is 2.79 bits per heavy atom. The van der Waals surface area contributed by atoms with Crippen LogP contribution in [0.25, 0.3) is 0 Å². The van der Waals surface area contributed by atoms with Crippen molar-refractivity contribution in [1.82, 2.24) is 19.6 Å². The topological polar surface area (TPSA) is 64.7 Å². The molecule has 0 atom stereocenters. The quantitative estimate of drug-likeness (QED) is 0.554. The highest BCUT2D eigenvalue weighted by molar-refractivity contribution is 9.10. The number of amides is 1. The second-order valence-electron chi connectivity index (χ2n) is 7.22. The van der Waals surface area contributed by atoms with Gasteiger partial charge in [-0.3, -0.25) is 14.2 Å². The van der Waals surface area contributed by atoms with Crippen LogP contribution in [-0.2, 0) is 17.9 Å². The lowest BCUT2D eigenvalue weighted by Crippen LogP contribution is -2.20. The van der Waals surface area contributed by atoms with Gasteiger partial charge in [0.05, 0.1) is 28.6 Å². The molecule has 4 rings (SSSR count). The third-order valence-electron chi connectivity index (χ3n) is 4.93. The van der Waals surface area contributed by atoms with Gasteiger partial charge in [0.25, 0.3) is 6.43 Å². The molecule has 6 nitrogen and oxygen atoms in total. The number of rotatable bonds is 7. The van der Waals surface area contributed by atoms with Crippen LogP contribution in [0.4, 0.5) is 14.5 Å². The zero-order valence-electron chi connectivity index (χ0n) is 15.8. The van der Waals surface area contributed by atoms with E-state index in [1.54, 1.807) is 17.1 Å². The van der Waals surface area contributed by atoms with Crippen molar-refractivity contribution in [3.05, 3.63) is 63.6 Å². The van der Waals surface area contributed by atoms with E-state index in [0.717, 1.165) is 18.4 Å². The summed E-state index contributed by atoms with van der Waals surface area (Å²) in [4.78, 5) is 12.5. The van der Waals surface area contributed by atoms with Crippen LogP contribution in [0.1, 0.15) is 47.7 Å². The van der Waals surface area contributed by atoms with Crippen molar-refractivity contribution < 1.29 is 13.6 Å². The van der Waals surface area contributed by atoms with Gasteiger partial charge in [0.15, 0.2) is 0 Å². The van der Waals surface area contributed by atoms with Gasteiger partial charge in [-0.1, -0.05) is 24.3 Å². The molecule has 2 heterocycles. The summed E-state index contributed by atoms with van der Waals surface area (Å²) in [5.74, 6) is -0.160. The lowest BCUT2D eigenvalue weighted by Gasteiger charge is -2.07. The molecular weight excluding hydrogens is 444 g/mol. The fourth-order valence-electron chi connectivity index (χ4n) is 3.29. The Labute approximate surface area is 175 Å². The van der Waals surface area contributed by atoms with Crippen LogP contribution in [0.5, 0.6) is 0 Å². The highest BCUT2D eigenvalue weighted by Gasteiger charge is 2.34. The van der Waals surface area contributed by atoms with E-state index in [1.807, 2.05) is 31.2 Å². The highest BCUT2D eigenvalue weighted by Crippen LogP contribution is 2.45. The van der Waals surface area contributed by atoms with E-state index in [9.17, 15) is 13.6 Å². The van der Waals surface area contributed by atoms with Gasteiger partial charge in [0, 0.05) is 12.1 Å². The van der Waals surface area contributed by atoms with Crippen molar-refractivity contribution in [3.63, 3.8) is 0 Å². The van der Waals surface area contributed by atoms with Crippen molar-refractivity contribution in [2.24, 2.45) is 0 Å². The van der Waals surface area contributed by atoms with E-state index >= 15 is 0 Å². The van der Waals surface area contributed by atoms with Gasteiger partial charge in [0.1, 0.15) is 12.2 Å². The second-order valence-corrected chi connectivity index (χ2v) is 8.01. The Morgan fingerprint density at radius 1 is 1.34 bits per heavy atom. The Hall–Kier alpha value is -2.55. The molecule has 1 aromatic carbocycles. The predicted molar refractivity (Wildman–Crippen MR) is 108 cm³/mol. The summed E-state index contributed by atoms with van der Waals surface area (Å²) in [7, 11) is 0. The third-order valence-corrected chi connectivity index (χ3v) is 5.74. The standard InChI is InChI=1S/C20H20BrF2N5O/c1-12-4-2-3-5-14(12)9-27-10-15(8-24-27)25-16(29)11-28-19(13-6-7-13)17(21)18(26-28)20(22)23/h2-5,8,10,13,20H,6-7,9,11H2,1H3,(H,25,29). The van der Waals surface area contributed by atoms with Gasteiger partial charge in [-0.05, 0) is 46.8 Å². The van der Waals surface area contributed by atoms with Gasteiger partial charge in [-0.15, -0.1) is 0 Å². The number of alkyl halides is 2. The minimum absolute atomic E-state index is 0.125. The summed E-state index contributed by atoms with van der Waals surface area (Å²) < 4.78 is 29.8. The molecule has 3 aromatic rings. The van der Waals surface area contributed by atoms with Crippen LogP contribution in [0.15, 0.2) is 41.1 Å². The van der Waals surface area contributed by atoms with Crippen LogP contribution in [0, 0.1) is 6.92 Å². The zero-order chi connectivity index (χ0) is 20.5. The number of aryl methyl sites for hydroxylation is 1.